The second kappa shape index (κ2) is 5.23. The minimum Gasteiger partial charge on any atom is -0.271 e. The zero-order chi connectivity index (χ0) is 12.3. The molecule has 0 aliphatic heterocycles. The lowest BCUT2D eigenvalue weighted by atomic mass is 10.00. The summed E-state index contributed by atoms with van der Waals surface area (Å²) in [4.78, 5) is 3.70. The topological polar surface area (TPSA) is 50.9 Å². The molecule has 0 aliphatic carbocycles. The standard InChI is InChI=1S/C12H11ClFN3/c13-9-3-1-8(2-4-9)12(17-15)10-5-6-16-7-11(10)14/h1-7,12,17H,15H2. The van der Waals surface area contributed by atoms with Crippen LogP contribution in [-0.2, 0) is 0 Å². The fraction of sp³-hybridized carbons (Fsp3) is 0.0833. The molecule has 0 aliphatic rings. The summed E-state index contributed by atoms with van der Waals surface area (Å²) < 4.78 is 13.6. The quantitative estimate of drug-likeness (QED) is 0.651. The van der Waals surface area contributed by atoms with Gasteiger partial charge in [-0.15, -0.1) is 0 Å². The van der Waals surface area contributed by atoms with E-state index < -0.39 is 11.9 Å². The maximum absolute atomic E-state index is 13.6. The predicted octanol–water partition coefficient (Wildman–Crippen LogP) is 2.43. The number of nitrogens with one attached hydrogen (secondary N) is 1. The molecule has 1 atom stereocenters. The summed E-state index contributed by atoms with van der Waals surface area (Å²) >= 11 is 5.80. The highest BCUT2D eigenvalue weighted by atomic mass is 35.5. The predicted molar refractivity (Wildman–Crippen MR) is 64.8 cm³/mol. The second-order valence-corrected chi connectivity index (χ2v) is 3.98. The number of rotatable bonds is 3. The largest absolute Gasteiger partial charge is 0.271 e. The normalized spacial score (nSPS) is 12.4. The van der Waals surface area contributed by atoms with E-state index in [1.807, 2.05) is 0 Å². The molecule has 1 aromatic heterocycles. The van der Waals surface area contributed by atoms with Crippen molar-refractivity contribution in [3.05, 3.63) is 64.7 Å². The molecule has 0 bridgehead atoms. The maximum Gasteiger partial charge on any atom is 0.146 e. The first-order valence-corrected chi connectivity index (χ1v) is 5.41. The van der Waals surface area contributed by atoms with Crippen LogP contribution < -0.4 is 11.3 Å². The van der Waals surface area contributed by atoms with E-state index in [2.05, 4.69) is 10.4 Å². The first-order chi connectivity index (χ1) is 8.22. The third-order valence-electron chi connectivity index (χ3n) is 2.48. The molecule has 1 unspecified atom stereocenters. The average Bonchev–Trinajstić information content (AvgIpc) is 2.35. The van der Waals surface area contributed by atoms with Gasteiger partial charge in [0.05, 0.1) is 12.2 Å². The summed E-state index contributed by atoms with van der Waals surface area (Å²) in [6, 6.07) is 8.24. The van der Waals surface area contributed by atoms with Crippen LogP contribution in [0.5, 0.6) is 0 Å². The number of hydrogen-bond acceptors (Lipinski definition) is 3. The van der Waals surface area contributed by atoms with E-state index in [4.69, 9.17) is 17.4 Å². The Labute approximate surface area is 103 Å². The van der Waals surface area contributed by atoms with Crippen molar-refractivity contribution < 1.29 is 4.39 Å². The summed E-state index contributed by atoms with van der Waals surface area (Å²) in [5, 5.41) is 0.625. The molecule has 0 amide bonds. The van der Waals surface area contributed by atoms with Gasteiger partial charge in [0.2, 0.25) is 0 Å². The number of hydrazine groups is 1. The van der Waals surface area contributed by atoms with Gasteiger partial charge >= 0.3 is 0 Å². The first kappa shape index (κ1) is 12.0. The van der Waals surface area contributed by atoms with Gasteiger partial charge in [-0.3, -0.25) is 10.8 Å². The Morgan fingerprint density at radius 3 is 2.53 bits per heavy atom. The highest BCUT2D eigenvalue weighted by Crippen LogP contribution is 2.24. The molecule has 1 heterocycles. The molecule has 0 radical (unpaired) electrons. The van der Waals surface area contributed by atoms with Crippen molar-refractivity contribution in [3.8, 4) is 0 Å². The van der Waals surface area contributed by atoms with Crippen LogP contribution in [0.3, 0.4) is 0 Å². The van der Waals surface area contributed by atoms with Gasteiger partial charge in [0.1, 0.15) is 5.82 Å². The third-order valence-corrected chi connectivity index (χ3v) is 2.74. The molecular weight excluding hydrogens is 241 g/mol. The van der Waals surface area contributed by atoms with Crippen LogP contribution in [0.4, 0.5) is 4.39 Å². The van der Waals surface area contributed by atoms with Gasteiger partial charge < -0.3 is 0 Å². The maximum atomic E-state index is 13.6. The van der Waals surface area contributed by atoms with Crippen molar-refractivity contribution in [2.75, 3.05) is 0 Å². The lowest BCUT2D eigenvalue weighted by Crippen LogP contribution is -2.29. The van der Waals surface area contributed by atoms with Crippen molar-refractivity contribution in [2.45, 2.75) is 6.04 Å². The smallest absolute Gasteiger partial charge is 0.146 e. The minimum atomic E-state index is -0.421. The van der Waals surface area contributed by atoms with Gasteiger partial charge in [-0.05, 0) is 23.8 Å². The highest BCUT2D eigenvalue weighted by molar-refractivity contribution is 6.30. The Kier molecular flexibility index (Phi) is 3.68. The van der Waals surface area contributed by atoms with Crippen LogP contribution in [0.15, 0.2) is 42.7 Å². The summed E-state index contributed by atoms with van der Waals surface area (Å²) in [7, 11) is 0. The molecule has 2 aromatic rings. The number of aromatic nitrogens is 1. The van der Waals surface area contributed by atoms with Crippen LogP contribution in [0.1, 0.15) is 17.2 Å². The van der Waals surface area contributed by atoms with Gasteiger partial charge in [0.25, 0.3) is 0 Å². The van der Waals surface area contributed by atoms with E-state index in [-0.39, 0.29) is 0 Å². The Balaban J connectivity index is 2.40. The van der Waals surface area contributed by atoms with Crippen molar-refractivity contribution in [3.63, 3.8) is 0 Å². The van der Waals surface area contributed by atoms with E-state index in [0.29, 0.717) is 10.6 Å². The molecule has 0 fully saturated rings. The van der Waals surface area contributed by atoms with E-state index in [9.17, 15) is 4.39 Å². The monoisotopic (exact) mass is 251 g/mol. The van der Waals surface area contributed by atoms with Crippen molar-refractivity contribution in [2.24, 2.45) is 5.84 Å². The summed E-state index contributed by atoms with van der Waals surface area (Å²) in [6.07, 6.45) is 2.69. The molecule has 1 aromatic carbocycles. The van der Waals surface area contributed by atoms with E-state index in [1.165, 1.54) is 6.20 Å². The molecule has 3 nitrogen and oxygen atoms in total. The van der Waals surface area contributed by atoms with Gasteiger partial charge in [-0.25, -0.2) is 9.82 Å². The summed E-state index contributed by atoms with van der Waals surface area (Å²) in [5.74, 6) is 5.08. The minimum absolute atomic E-state index is 0.398. The number of benzene rings is 1. The molecule has 3 N–H and O–H groups in total. The second-order valence-electron chi connectivity index (χ2n) is 3.55. The number of pyridine rings is 1. The molecule has 2 rings (SSSR count). The SMILES string of the molecule is NNC(c1ccc(Cl)cc1)c1ccncc1F. The average molecular weight is 252 g/mol. The fourth-order valence-corrected chi connectivity index (χ4v) is 1.77. The number of hydrogen-bond donors (Lipinski definition) is 2. The zero-order valence-electron chi connectivity index (χ0n) is 8.90. The fourth-order valence-electron chi connectivity index (χ4n) is 1.64. The molecule has 0 saturated heterocycles. The number of halogens is 2. The van der Waals surface area contributed by atoms with Crippen LogP contribution in [0.25, 0.3) is 0 Å². The number of nitrogens with zero attached hydrogens (tertiary/aromatic N) is 1. The van der Waals surface area contributed by atoms with Crippen LogP contribution in [0.2, 0.25) is 5.02 Å². The van der Waals surface area contributed by atoms with Crippen molar-refractivity contribution >= 4 is 11.6 Å². The van der Waals surface area contributed by atoms with Crippen LogP contribution in [-0.4, -0.2) is 4.98 Å². The molecule has 17 heavy (non-hydrogen) atoms. The third kappa shape index (κ3) is 2.61. The summed E-state index contributed by atoms with van der Waals surface area (Å²) in [5.41, 5.74) is 3.87. The van der Waals surface area contributed by atoms with Gasteiger partial charge in [0.15, 0.2) is 0 Å². The molecular formula is C12H11ClFN3. The van der Waals surface area contributed by atoms with Crippen molar-refractivity contribution in [1.82, 2.24) is 10.4 Å². The highest BCUT2D eigenvalue weighted by Gasteiger charge is 2.16. The van der Waals surface area contributed by atoms with Crippen LogP contribution >= 0.6 is 11.6 Å². The number of nitrogens with two attached hydrogens (primary N) is 1. The first-order valence-electron chi connectivity index (χ1n) is 5.03. The lowest BCUT2D eigenvalue weighted by Gasteiger charge is -2.17. The lowest BCUT2D eigenvalue weighted by molar-refractivity contribution is 0.555. The van der Waals surface area contributed by atoms with E-state index >= 15 is 0 Å². The van der Waals surface area contributed by atoms with Crippen molar-refractivity contribution in [1.29, 1.82) is 0 Å². The summed E-state index contributed by atoms with van der Waals surface area (Å²) in [6.45, 7) is 0. The van der Waals surface area contributed by atoms with Gasteiger partial charge in [0, 0.05) is 16.8 Å². The Morgan fingerprint density at radius 2 is 1.94 bits per heavy atom. The Bertz CT molecular complexity index is 501. The van der Waals surface area contributed by atoms with E-state index in [0.717, 1.165) is 11.8 Å². The van der Waals surface area contributed by atoms with Crippen LogP contribution in [0, 0.1) is 5.82 Å². The molecule has 0 saturated carbocycles. The molecule has 5 heteroatoms. The molecule has 0 spiro atoms. The molecule has 88 valence electrons. The van der Waals surface area contributed by atoms with Gasteiger partial charge in [-0.1, -0.05) is 23.7 Å². The van der Waals surface area contributed by atoms with Gasteiger partial charge in [-0.2, -0.15) is 0 Å². The van der Waals surface area contributed by atoms with E-state index in [1.54, 1.807) is 30.3 Å². The Morgan fingerprint density at radius 1 is 1.24 bits per heavy atom. The zero-order valence-corrected chi connectivity index (χ0v) is 9.66. The Hall–Kier alpha value is -1.49.